The molecule has 7 heteroatoms. The average Bonchev–Trinajstić information content (AvgIpc) is 3.07. The zero-order valence-corrected chi connectivity index (χ0v) is 16.4. The number of aliphatic imine (C=N–C) groups is 1. The molecule has 0 amide bonds. The van der Waals surface area contributed by atoms with Crippen molar-refractivity contribution >= 4 is 5.96 Å². The number of guanidine groups is 1. The molecule has 0 spiro atoms. The molecule has 2 rings (SSSR count). The van der Waals surface area contributed by atoms with Gasteiger partial charge in [0.25, 0.3) is 0 Å². The molecule has 1 fully saturated rings. The fourth-order valence-electron chi connectivity index (χ4n) is 2.92. The molecule has 0 radical (unpaired) electrons. The van der Waals surface area contributed by atoms with Gasteiger partial charge in [-0.05, 0) is 52.0 Å². The van der Waals surface area contributed by atoms with E-state index < -0.39 is 0 Å². The summed E-state index contributed by atoms with van der Waals surface area (Å²) in [6.07, 6.45) is 3.82. The van der Waals surface area contributed by atoms with Crippen molar-refractivity contribution in [2.24, 2.45) is 4.99 Å². The lowest BCUT2D eigenvalue weighted by Crippen LogP contribution is -2.42. The van der Waals surface area contributed by atoms with Gasteiger partial charge >= 0.3 is 0 Å². The van der Waals surface area contributed by atoms with Gasteiger partial charge in [-0.15, -0.1) is 0 Å². The summed E-state index contributed by atoms with van der Waals surface area (Å²) in [5.41, 5.74) is 0. The van der Waals surface area contributed by atoms with Crippen LogP contribution in [0.25, 0.3) is 0 Å². The molecule has 0 aromatic carbocycles. The second-order valence-corrected chi connectivity index (χ2v) is 6.67. The second-order valence-electron chi connectivity index (χ2n) is 6.67. The summed E-state index contributed by atoms with van der Waals surface area (Å²) in [6, 6.07) is 3.80. The molecule has 0 aliphatic carbocycles. The van der Waals surface area contributed by atoms with Gasteiger partial charge in [0.15, 0.2) is 5.96 Å². The molecule has 1 aromatic heterocycles. The average molecular weight is 366 g/mol. The number of hydrogen-bond acceptors (Lipinski definition) is 5. The third kappa shape index (κ3) is 8.69. The molecule has 0 bridgehead atoms. The van der Waals surface area contributed by atoms with Crippen molar-refractivity contribution in [2.45, 2.75) is 26.4 Å². The third-order valence-electron chi connectivity index (χ3n) is 4.42. The van der Waals surface area contributed by atoms with Crippen molar-refractivity contribution in [3.8, 4) is 0 Å². The van der Waals surface area contributed by atoms with Crippen LogP contribution in [0.4, 0.5) is 0 Å². The van der Waals surface area contributed by atoms with E-state index in [9.17, 15) is 0 Å². The molecule has 1 aliphatic heterocycles. The van der Waals surface area contributed by atoms with E-state index in [-0.39, 0.29) is 0 Å². The van der Waals surface area contributed by atoms with E-state index in [2.05, 4.69) is 39.4 Å². The van der Waals surface area contributed by atoms with E-state index in [4.69, 9.17) is 9.15 Å². The lowest BCUT2D eigenvalue weighted by Gasteiger charge is -2.21. The Hall–Kier alpha value is -1.57. The van der Waals surface area contributed by atoms with Crippen LogP contribution in [0.1, 0.15) is 25.5 Å². The highest BCUT2D eigenvalue weighted by Gasteiger charge is 2.11. The van der Waals surface area contributed by atoms with Crippen LogP contribution < -0.4 is 10.6 Å². The maximum Gasteiger partial charge on any atom is 0.191 e. The van der Waals surface area contributed by atoms with Crippen LogP contribution in [-0.4, -0.2) is 81.8 Å². The number of hydrogen-bond donors (Lipinski definition) is 2. The van der Waals surface area contributed by atoms with Gasteiger partial charge in [0.05, 0.1) is 6.26 Å². The van der Waals surface area contributed by atoms with Crippen LogP contribution in [0.15, 0.2) is 27.8 Å². The molecule has 26 heavy (non-hydrogen) atoms. The predicted molar refractivity (Wildman–Crippen MR) is 106 cm³/mol. The molecule has 0 atom stereocenters. The first kappa shape index (κ1) is 20.7. The summed E-state index contributed by atoms with van der Waals surface area (Å²) < 4.78 is 10.8. The molecule has 0 unspecified atom stereocenters. The van der Waals surface area contributed by atoms with Crippen molar-refractivity contribution in [2.75, 3.05) is 66.0 Å². The number of likely N-dealkylation sites (N-methyl/N-ethyl adjacent to an activating group) is 1. The Balaban J connectivity index is 1.58. The van der Waals surface area contributed by atoms with E-state index >= 15 is 0 Å². The highest BCUT2D eigenvalue weighted by Crippen LogP contribution is 2.02. The first-order chi connectivity index (χ1) is 12.8. The van der Waals surface area contributed by atoms with E-state index in [1.165, 1.54) is 19.5 Å². The summed E-state index contributed by atoms with van der Waals surface area (Å²) >= 11 is 0. The topological polar surface area (TPSA) is 65.3 Å². The van der Waals surface area contributed by atoms with E-state index in [0.717, 1.165) is 57.4 Å². The first-order valence-electron chi connectivity index (χ1n) is 9.81. The van der Waals surface area contributed by atoms with Gasteiger partial charge in [-0.25, -0.2) is 0 Å². The Labute approximate surface area is 157 Å². The van der Waals surface area contributed by atoms with E-state index in [1.807, 2.05) is 12.1 Å². The number of nitrogens with one attached hydrogen (secondary N) is 2. The minimum absolute atomic E-state index is 0.528. The highest BCUT2D eigenvalue weighted by molar-refractivity contribution is 5.79. The molecule has 1 aromatic rings. The standard InChI is InChI=1S/C19H35N5O2/c1-3-20-19(21-8-5-15-25-17-18-7-4-16-26-18)22-9-12-24-11-6-10-23(2)13-14-24/h4,7,16H,3,5-6,8-15,17H2,1-2H3,(H2,20,21,22). The molecule has 2 heterocycles. The largest absolute Gasteiger partial charge is 0.467 e. The molecular formula is C19H35N5O2. The fraction of sp³-hybridized carbons (Fsp3) is 0.737. The Bertz CT molecular complexity index is 492. The van der Waals surface area contributed by atoms with Gasteiger partial charge in [-0.3, -0.25) is 4.99 Å². The van der Waals surface area contributed by atoms with Gasteiger partial charge in [0, 0.05) is 45.9 Å². The minimum Gasteiger partial charge on any atom is -0.467 e. The van der Waals surface area contributed by atoms with Gasteiger partial charge in [-0.2, -0.15) is 0 Å². The number of rotatable bonds is 10. The van der Waals surface area contributed by atoms with Gasteiger partial charge in [0.1, 0.15) is 12.4 Å². The number of ether oxygens (including phenoxy) is 1. The molecule has 7 nitrogen and oxygen atoms in total. The number of nitrogens with zero attached hydrogens (tertiary/aromatic N) is 3. The van der Waals surface area contributed by atoms with Crippen molar-refractivity contribution in [3.05, 3.63) is 24.2 Å². The molecule has 148 valence electrons. The van der Waals surface area contributed by atoms with Crippen LogP contribution >= 0.6 is 0 Å². The smallest absolute Gasteiger partial charge is 0.191 e. The van der Waals surface area contributed by atoms with Crippen LogP contribution in [-0.2, 0) is 11.3 Å². The Morgan fingerprint density at radius 3 is 3.00 bits per heavy atom. The highest BCUT2D eigenvalue weighted by atomic mass is 16.5. The van der Waals surface area contributed by atoms with Crippen molar-refractivity contribution in [1.29, 1.82) is 0 Å². The number of furan rings is 1. The first-order valence-corrected chi connectivity index (χ1v) is 9.81. The van der Waals surface area contributed by atoms with E-state index in [1.54, 1.807) is 6.26 Å². The maximum atomic E-state index is 5.59. The Morgan fingerprint density at radius 2 is 2.19 bits per heavy atom. The quantitative estimate of drug-likeness (QED) is 0.371. The lowest BCUT2D eigenvalue weighted by atomic mass is 10.4. The third-order valence-corrected chi connectivity index (χ3v) is 4.42. The molecule has 0 saturated carbocycles. The Kier molecular flexibility index (Phi) is 10.2. The van der Waals surface area contributed by atoms with Gasteiger partial charge in [0.2, 0.25) is 0 Å². The van der Waals surface area contributed by atoms with Crippen molar-refractivity contribution in [3.63, 3.8) is 0 Å². The second kappa shape index (κ2) is 12.7. The Morgan fingerprint density at radius 1 is 1.27 bits per heavy atom. The SMILES string of the molecule is CCNC(=NCCCOCc1ccco1)NCCN1CCCN(C)CC1. The molecular weight excluding hydrogens is 330 g/mol. The normalized spacial score (nSPS) is 17.2. The zero-order chi connectivity index (χ0) is 18.5. The minimum atomic E-state index is 0.528. The summed E-state index contributed by atoms with van der Waals surface area (Å²) in [6.45, 7) is 11.6. The summed E-state index contributed by atoms with van der Waals surface area (Å²) in [5.74, 6) is 1.76. The van der Waals surface area contributed by atoms with E-state index in [0.29, 0.717) is 13.2 Å². The van der Waals surface area contributed by atoms with Crippen LogP contribution in [0.2, 0.25) is 0 Å². The molecule has 2 N–H and O–H groups in total. The van der Waals surface area contributed by atoms with Crippen LogP contribution in [0.5, 0.6) is 0 Å². The van der Waals surface area contributed by atoms with Gasteiger partial charge in [-0.1, -0.05) is 0 Å². The summed E-state index contributed by atoms with van der Waals surface area (Å²) in [7, 11) is 2.20. The zero-order valence-electron chi connectivity index (χ0n) is 16.4. The monoisotopic (exact) mass is 365 g/mol. The summed E-state index contributed by atoms with van der Waals surface area (Å²) in [5, 5.41) is 6.75. The van der Waals surface area contributed by atoms with Crippen molar-refractivity contribution in [1.82, 2.24) is 20.4 Å². The molecule has 1 aliphatic rings. The summed E-state index contributed by atoms with van der Waals surface area (Å²) in [4.78, 5) is 9.57. The fourth-order valence-corrected chi connectivity index (χ4v) is 2.92. The van der Waals surface area contributed by atoms with Gasteiger partial charge < -0.3 is 29.6 Å². The van der Waals surface area contributed by atoms with Crippen LogP contribution in [0, 0.1) is 0 Å². The predicted octanol–water partition coefficient (Wildman–Crippen LogP) is 1.38. The molecule has 1 saturated heterocycles. The maximum absolute atomic E-state index is 5.59. The lowest BCUT2D eigenvalue weighted by molar-refractivity contribution is 0.105. The van der Waals surface area contributed by atoms with Crippen LogP contribution in [0.3, 0.4) is 0 Å². The van der Waals surface area contributed by atoms with Crippen molar-refractivity contribution < 1.29 is 9.15 Å².